The Morgan fingerprint density at radius 1 is 1.38 bits per heavy atom. The minimum Gasteiger partial charge on any atom is -0.491 e. The van der Waals surface area contributed by atoms with Crippen molar-refractivity contribution >= 4 is 15.9 Å². The minimum absolute atomic E-state index is 0.325. The molecule has 0 amide bonds. The van der Waals surface area contributed by atoms with Gasteiger partial charge < -0.3 is 9.84 Å². The zero-order valence-corrected chi connectivity index (χ0v) is 11.6. The van der Waals surface area contributed by atoms with Gasteiger partial charge in [0, 0.05) is 5.33 Å². The van der Waals surface area contributed by atoms with Crippen LogP contribution < -0.4 is 4.74 Å². The van der Waals surface area contributed by atoms with Crippen LogP contribution in [0.3, 0.4) is 0 Å². The van der Waals surface area contributed by atoms with Crippen LogP contribution in [0.25, 0.3) is 0 Å². The highest BCUT2D eigenvalue weighted by Gasteiger charge is 2.06. The number of ether oxygens (including phenoxy) is 1. The summed E-state index contributed by atoms with van der Waals surface area (Å²) in [5, 5.41) is 9.90. The van der Waals surface area contributed by atoms with Crippen molar-refractivity contribution < 1.29 is 9.84 Å². The van der Waals surface area contributed by atoms with Crippen molar-refractivity contribution in [1.82, 2.24) is 0 Å². The lowest BCUT2D eigenvalue weighted by molar-refractivity contribution is 0.127. The Kier molecular flexibility index (Phi) is 5.29. The molecule has 0 radical (unpaired) electrons. The summed E-state index contributed by atoms with van der Waals surface area (Å²) in [5.74, 6) is 1.35. The molecule has 0 bridgehead atoms. The van der Waals surface area contributed by atoms with Crippen LogP contribution in [0.2, 0.25) is 0 Å². The summed E-state index contributed by atoms with van der Waals surface area (Å²) < 4.78 is 5.49. The molecule has 1 rings (SSSR count). The van der Waals surface area contributed by atoms with Crippen LogP contribution >= 0.6 is 15.9 Å². The summed E-state index contributed by atoms with van der Waals surface area (Å²) in [6.45, 7) is 6.77. The highest BCUT2D eigenvalue weighted by Crippen LogP contribution is 2.23. The molecule has 0 heterocycles. The largest absolute Gasteiger partial charge is 0.491 e. The Bertz CT molecular complexity index is 337. The molecule has 0 aromatic heterocycles. The van der Waals surface area contributed by atoms with E-state index in [4.69, 9.17) is 4.74 Å². The van der Waals surface area contributed by atoms with E-state index in [9.17, 15) is 5.11 Å². The molecular weight excluding hydrogens is 268 g/mol. The number of rotatable bonds is 5. The number of aryl methyl sites for hydroxylation is 1. The van der Waals surface area contributed by atoms with Crippen LogP contribution in [-0.4, -0.2) is 23.1 Å². The van der Waals surface area contributed by atoms with Gasteiger partial charge in [0.05, 0.1) is 6.10 Å². The molecule has 0 aliphatic rings. The van der Waals surface area contributed by atoms with Crippen molar-refractivity contribution in [2.75, 3.05) is 11.9 Å². The molecule has 90 valence electrons. The maximum atomic E-state index is 9.36. The van der Waals surface area contributed by atoms with Gasteiger partial charge in [-0.15, -0.1) is 0 Å². The molecule has 1 atom stereocenters. The quantitative estimate of drug-likeness (QED) is 0.842. The normalized spacial score (nSPS) is 12.9. The Morgan fingerprint density at radius 3 is 2.56 bits per heavy atom. The smallest absolute Gasteiger partial charge is 0.119 e. The SMILES string of the molecule is Cc1cc(OCC(O)CBr)ccc1C(C)C. The maximum Gasteiger partial charge on any atom is 0.119 e. The van der Waals surface area contributed by atoms with Crippen LogP contribution in [0.5, 0.6) is 5.75 Å². The fraction of sp³-hybridized carbons (Fsp3) is 0.538. The van der Waals surface area contributed by atoms with Gasteiger partial charge in [-0.1, -0.05) is 35.8 Å². The highest BCUT2D eigenvalue weighted by molar-refractivity contribution is 9.09. The zero-order chi connectivity index (χ0) is 12.1. The minimum atomic E-state index is -0.454. The number of alkyl halides is 1. The lowest BCUT2D eigenvalue weighted by atomic mass is 9.98. The second kappa shape index (κ2) is 6.26. The van der Waals surface area contributed by atoms with Gasteiger partial charge in [-0.2, -0.15) is 0 Å². The van der Waals surface area contributed by atoms with Gasteiger partial charge in [0.25, 0.3) is 0 Å². The average molecular weight is 287 g/mol. The first-order valence-electron chi connectivity index (χ1n) is 5.52. The van der Waals surface area contributed by atoms with Crippen molar-refractivity contribution in [3.8, 4) is 5.75 Å². The summed E-state index contributed by atoms with van der Waals surface area (Å²) >= 11 is 3.20. The molecule has 1 N–H and O–H groups in total. The van der Waals surface area contributed by atoms with E-state index >= 15 is 0 Å². The van der Waals surface area contributed by atoms with E-state index < -0.39 is 6.10 Å². The molecular formula is C13H19BrO2. The number of benzene rings is 1. The molecule has 1 unspecified atom stereocenters. The first-order chi connectivity index (χ1) is 7.54. The summed E-state index contributed by atoms with van der Waals surface area (Å²) in [6.07, 6.45) is -0.454. The number of hydrogen-bond acceptors (Lipinski definition) is 2. The fourth-order valence-corrected chi connectivity index (χ4v) is 1.81. The van der Waals surface area contributed by atoms with E-state index in [0.717, 1.165) is 5.75 Å². The molecule has 0 fully saturated rings. The molecule has 1 aromatic rings. The molecule has 3 heteroatoms. The maximum absolute atomic E-state index is 9.36. The Hall–Kier alpha value is -0.540. The standard InChI is InChI=1S/C13H19BrO2/c1-9(2)13-5-4-12(6-10(13)3)16-8-11(15)7-14/h4-6,9,11,15H,7-8H2,1-3H3. The molecule has 0 saturated heterocycles. The Labute approximate surface area is 106 Å². The van der Waals surface area contributed by atoms with Crippen molar-refractivity contribution in [2.45, 2.75) is 32.8 Å². The fourth-order valence-electron chi connectivity index (χ4n) is 1.62. The third-order valence-corrected chi connectivity index (χ3v) is 3.23. The molecule has 0 saturated carbocycles. The van der Waals surface area contributed by atoms with Crippen LogP contribution in [0.1, 0.15) is 30.9 Å². The summed E-state index contributed by atoms with van der Waals surface area (Å²) in [4.78, 5) is 0. The topological polar surface area (TPSA) is 29.5 Å². The van der Waals surface area contributed by atoms with Crippen LogP contribution in [0.15, 0.2) is 18.2 Å². The number of aliphatic hydroxyl groups excluding tert-OH is 1. The van der Waals surface area contributed by atoms with E-state index in [1.165, 1.54) is 11.1 Å². The zero-order valence-electron chi connectivity index (χ0n) is 10.0. The lowest BCUT2D eigenvalue weighted by Gasteiger charge is -2.13. The molecule has 2 nitrogen and oxygen atoms in total. The van der Waals surface area contributed by atoms with Crippen molar-refractivity contribution in [3.05, 3.63) is 29.3 Å². The van der Waals surface area contributed by atoms with Gasteiger partial charge in [-0.05, 0) is 36.1 Å². The molecule has 0 spiro atoms. The predicted molar refractivity (Wildman–Crippen MR) is 70.6 cm³/mol. The first-order valence-corrected chi connectivity index (χ1v) is 6.64. The second-order valence-corrected chi connectivity index (χ2v) is 4.94. The van der Waals surface area contributed by atoms with Crippen LogP contribution in [0, 0.1) is 6.92 Å². The van der Waals surface area contributed by atoms with Crippen LogP contribution in [-0.2, 0) is 0 Å². The van der Waals surface area contributed by atoms with E-state index in [2.05, 4.69) is 42.8 Å². The van der Waals surface area contributed by atoms with Gasteiger partial charge in [-0.25, -0.2) is 0 Å². The predicted octanol–water partition coefficient (Wildman–Crippen LogP) is 3.25. The van der Waals surface area contributed by atoms with Crippen molar-refractivity contribution in [1.29, 1.82) is 0 Å². The van der Waals surface area contributed by atoms with Gasteiger partial charge >= 0.3 is 0 Å². The van der Waals surface area contributed by atoms with Crippen molar-refractivity contribution in [3.63, 3.8) is 0 Å². The van der Waals surface area contributed by atoms with Gasteiger partial charge in [0.15, 0.2) is 0 Å². The molecule has 1 aromatic carbocycles. The summed E-state index contributed by atoms with van der Waals surface area (Å²) in [5.41, 5.74) is 2.58. The number of halogens is 1. The van der Waals surface area contributed by atoms with Crippen LogP contribution in [0.4, 0.5) is 0 Å². The van der Waals surface area contributed by atoms with E-state index in [-0.39, 0.29) is 0 Å². The van der Waals surface area contributed by atoms with E-state index in [1.54, 1.807) is 0 Å². The molecule has 0 aliphatic carbocycles. The number of aliphatic hydroxyl groups is 1. The third kappa shape index (κ3) is 3.80. The van der Waals surface area contributed by atoms with Gasteiger partial charge in [0.2, 0.25) is 0 Å². The van der Waals surface area contributed by atoms with E-state index in [1.807, 2.05) is 12.1 Å². The van der Waals surface area contributed by atoms with Crippen molar-refractivity contribution in [2.24, 2.45) is 0 Å². The monoisotopic (exact) mass is 286 g/mol. The molecule has 0 aliphatic heterocycles. The number of hydrogen-bond donors (Lipinski definition) is 1. The molecule has 16 heavy (non-hydrogen) atoms. The lowest BCUT2D eigenvalue weighted by Crippen LogP contribution is -2.18. The highest BCUT2D eigenvalue weighted by atomic mass is 79.9. The Morgan fingerprint density at radius 2 is 2.06 bits per heavy atom. The summed E-state index contributed by atoms with van der Waals surface area (Å²) in [6, 6.07) is 6.08. The average Bonchev–Trinajstić information content (AvgIpc) is 2.25. The summed E-state index contributed by atoms with van der Waals surface area (Å²) in [7, 11) is 0. The first kappa shape index (κ1) is 13.5. The van der Waals surface area contributed by atoms with E-state index in [0.29, 0.717) is 17.9 Å². The van der Waals surface area contributed by atoms with Gasteiger partial charge in [-0.3, -0.25) is 0 Å². The second-order valence-electron chi connectivity index (χ2n) is 4.29. The Balaban J connectivity index is 2.66. The van der Waals surface area contributed by atoms with Gasteiger partial charge in [0.1, 0.15) is 12.4 Å². The third-order valence-electron chi connectivity index (χ3n) is 2.48.